The number of urea groups is 1. The van der Waals surface area contributed by atoms with E-state index in [-0.39, 0.29) is 6.03 Å². The third kappa shape index (κ3) is 2.85. The van der Waals surface area contributed by atoms with Crippen LogP contribution >= 0.6 is 11.3 Å². The van der Waals surface area contributed by atoms with Gasteiger partial charge in [0.05, 0.1) is 22.4 Å². The number of anilines is 3. The van der Waals surface area contributed by atoms with Crippen LogP contribution in [0.3, 0.4) is 0 Å². The van der Waals surface area contributed by atoms with Crippen molar-refractivity contribution in [2.45, 2.75) is 6.92 Å². The molecule has 3 amide bonds. The van der Waals surface area contributed by atoms with Crippen LogP contribution in [-0.2, 0) is 0 Å². The molecule has 0 fully saturated rings. The highest BCUT2D eigenvalue weighted by Crippen LogP contribution is 2.46. The molecule has 148 valence electrons. The number of nitrogens with one attached hydrogen (secondary N) is 1. The first-order valence-electron chi connectivity index (χ1n) is 9.19. The van der Waals surface area contributed by atoms with E-state index in [0.29, 0.717) is 37.9 Å². The van der Waals surface area contributed by atoms with Gasteiger partial charge in [0, 0.05) is 6.20 Å². The molecular formula is C22H16N4O3S. The monoisotopic (exact) mass is 416 g/mol. The maximum absolute atomic E-state index is 13.0. The van der Waals surface area contributed by atoms with Crippen molar-refractivity contribution < 1.29 is 14.3 Å². The highest BCUT2D eigenvalue weighted by atomic mass is 32.1. The molecule has 7 nitrogen and oxygen atoms in total. The second-order valence-electron chi connectivity index (χ2n) is 6.81. The Bertz CT molecular complexity index is 1320. The fraction of sp³-hybridized carbons (Fsp3) is 0.0455. The number of nitrogens with two attached hydrogens (primary N) is 1. The van der Waals surface area contributed by atoms with E-state index in [1.165, 1.54) is 11.3 Å². The normalized spacial score (nSPS) is 12.7. The minimum absolute atomic E-state index is 0.293. The second-order valence-corrected chi connectivity index (χ2v) is 7.81. The van der Waals surface area contributed by atoms with Crippen molar-refractivity contribution in [3.63, 3.8) is 0 Å². The molecule has 0 spiro atoms. The summed E-state index contributed by atoms with van der Waals surface area (Å²) in [7, 11) is 0. The maximum atomic E-state index is 13.0. The van der Waals surface area contributed by atoms with Gasteiger partial charge in [-0.3, -0.25) is 9.69 Å². The molecule has 2 aromatic heterocycles. The predicted molar refractivity (Wildman–Crippen MR) is 117 cm³/mol. The molecule has 1 aliphatic rings. The number of thiophene rings is 1. The summed E-state index contributed by atoms with van der Waals surface area (Å²) >= 11 is 1.17. The van der Waals surface area contributed by atoms with Gasteiger partial charge >= 0.3 is 6.03 Å². The number of hydrogen-bond donors (Lipinski definition) is 2. The third-order valence-electron chi connectivity index (χ3n) is 4.86. The molecule has 2 aromatic carbocycles. The first-order valence-corrected chi connectivity index (χ1v) is 10.0. The van der Waals surface area contributed by atoms with Gasteiger partial charge in [-0.2, -0.15) is 0 Å². The number of primary amides is 1. The second kappa shape index (κ2) is 6.85. The summed E-state index contributed by atoms with van der Waals surface area (Å²) in [5, 5.41) is 3.52. The Balaban J connectivity index is 1.59. The molecule has 0 unspecified atom stereocenters. The van der Waals surface area contributed by atoms with Gasteiger partial charge in [-0.1, -0.05) is 18.2 Å². The van der Waals surface area contributed by atoms with Crippen molar-refractivity contribution in [2.75, 3.05) is 10.2 Å². The van der Waals surface area contributed by atoms with Gasteiger partial charge in [-0.25, -0.2) is 9.78 Å². The number of hydrogen-bond acceptors (Lipinski definition) is 5. The number of nitrogens with zero attached hydrogens (tertiary/aromatic N) is 2. The Morgan fingerprint density at radius 3 is 2.63 bits per heavy atom. The maximum Gasteiger partial charge on any atom is 0.331 e. The van der Waals surface area contributed by atoms with Crippen LogP contribution < -0.4 is 20.7 Å². The topological polar surface area (TPSA) is 97.5 Å². The van der Waals surface area contributed by atoms with Crippen molar-refractivity contribution in [3.8, 4) is 11.5 Å². The number of amides is 3. The molecule has 3 N–H and O–H groups in total. The van der Waals surface area contributed by atoms with Crippen molar-refractivity contribution in [2.24, 2.45) is 5.73 Å². The standard InChI is InChI=1S/C22H16N4O3S/c1-12-11-14(29-13-5-3-2-4-6-13)7-8-15(12)26-16-9-10-24-21-17(16)18(25-22(26)28)19(30-21)20(23)27/h2-11H,1H3,(H2,23,27)(H,25,28). The Morgan fingerprint density at radius 1 is 1.10 bits per heavy atom. The van der Waals surface area contributed by atoms with Gasteiger partial charge < -0.3 is 15.8 Å². The highest BCUT2D eigenvalue weighted by molar-refractivity contribution is 7.21. The third-order valence-corrected chi connectivity index (χ3v) is 5.97. The first kappa shape index (κ1) is 18.1. The average molecular weight is 416 g/mol. The van der Waals surface area contributed by atoms with E-state index in [9.17, 15) is 9.59 Å². The Hall–Kier alpha value is -3.91. The molecule has 0 bridgehead atoms. The van der Waals surface area contributed by atoms with Gasteiger partial charge in [0.1, 0.15) is 21.2 Å². The lowest BCUT2D eigenvalue weighted by Crippen LogP contribution is -2.34. The predicted octanol–water partition coefficient (Wildman–Crippen LogP) is 5.18. The molecule has 0 saturated carbocycles. The minimum Gasteiger partial charge on any atom is -0.457 e. The first-order chi connectivity index (χ1) is 14.5. The molecule has 30 heavy (non-hydrogen) atoms. The molecule has 0 atom stereocenters. The van der Waals surface area contributed by atoms with Gasteiger partial charge in [-0.15, -0.1) is 11.3 Å². The van der Waals surface area contributed by atoms with E-state index in [1.807, 2.05) is 55.5 Å². The summed E-state index contributed by atoms with van der Waals surface area (Å²) in [6.07, 6.45) is 1.62. The van der Waals surface area contributed by atoms with Crippen LogP contribution in [0.1, 0.15) is 15.2 Å². The molecule has 1 aliphatic heterocycles. The molecule has 4 aromatic rings. The molecule has 3 heterocycles. The van der Waals surface area contributed by atoms with E-state index >= 15 is 0 Å². The van der Waals surface area contributed by atoms with Gasteiger partial charge in [0.15, 0.2) is 0 Å². The van der Waals surface area contributed by atoms with Crippen molar-refractivity contribution in [1.29, 1.82) is 0 Å². The molecule has 5 rings (SSSR count). The van der Waals surface area contributed by atoms with E-state index in [2.05, 4.69) is 10.3 Å². The fourth-order valence-corrected chi connectivity index (χ4v) is 4.54. The zero-order valence-corrected chi connectivity index (χ0v) is 16.7. The van der Waals surface area contributed by atoms with Crippen LogP contribution in [0.15, 0.2) is 60.8 Å². The summed E-state index contributed by atoms with van der Waals surface area (Å²) in [5.74, 6) is 0.816. The quantitative estimate of drug-likeness (QED) is 0.479. The number of aromatic nitrogens is 1. The molecule has 8 heteroatoms. The Labute approximate surface area is 175 Å². The number of ether oxygens (including phenoxy) is 1. The smallest absolute Gasteiger partial charge is 0.331 e. The molecular weight excluding hydrogens is 400 g/mol. The summed E-state index contributed by atoms with van der Waals surface area (Å²) in [6.45, 7) is 1.91. The van der Waals surface area contributed by atoms with Crippen LogP contribution in [0.4, 0.5) is 21.9 Å². The number of benzene rings is 2. The average Bonchev–Trinajstić information content (AvgIpc) is 3.10. The summed E-state index contributed by atoms with van der Waals surface area (Å²) < 4.78 is 5.89. The number of rotatable bonds is 4. The lowest BCUT2D eigenvalue weighted by Gasteiger charge is -2.29. The highest BCUT2D eigenvalue weighted by Gasteiger charge is 2.32. The SMILES string of the molecule is Cc1cc(Oc2ccccc2)ccc1N1C(=O)Nc2c(C(N)=O)sc3nccc1c23. The Kier molecular flexibility index (Phi) is 4.14. The van der Waals surface area contributed by atoms with Gasteiger partial charge in [0.2, 0.25) is 0 Å². The zero-order valence-electron chi connectivity index (χ0n) is 15.9. The van der Waals surface area contributed by atoms with Crippen molar-refractivity contribution in [3.05, 3.63) is 71.2 Å². The van der Waals surface area contributed by atoms with Crippen LogP contribution in [0.5, 0.6) is 11.5 Å². The summed E-state index contributed by atoms with van der Waals surface area (Å²) in [5.41, 5.74) is 8.13. The molecule has 0 radical (unpaired) electrons. The molecule has 0 aliphatic carbocycles. The zero-order chi connectivity index (χ0) is 20.8. The Morgan fingerprint density at radius 2 is 1.90 bits per heavy atom. The summed E-state index contributed by atoms with van der Waals surface area (Å²) in [6, 6.07) is 16.4. The van der Waals surface area contributed by atoms with Gasteiger partial charge in [-0.05, 0) is 48.9 Å². The van der Waals surface area contributed by atoms with Crippen LogP contribution in [-0.4, -0.2) is 16.9 Å². The number of carbonyl (C=O) groups excluding carboxylic acids is 2. The van der Waals surface area contributed by atoms with E-state index in [0.717, 1.165) is 11.3 Å². The fourth-order valence-electron chi connectivity index (χ4n) is 3.56. The minimum atomic E-state index is -0.591. The van der Waals surface area contributed by atoms with Crippen molar-refractivity contribution >= 4 is 50.6 Å². The molecule has 0 saturated heterocycles. The number of aryl methyl sites for hydroxylation is 1. The van der Waals surface area contributed by atoms with Crippen LogP contribution in [0, 0.1) is 6.92 Å². The van der Waals surface area contributed by atoms with Crippen molar-refractivity contribution in [1.82, 2.24) is 4.98 Å². The van der Waals surface area contributed by atoms with Crippen LogP contribution in [0.2, 0.25) is 0 Å². The number of para-hydroxylation sites is 1. The number of carbonyl (C=O) groups is 2. The van der Waals surface area contributed by atoms with E-state index < -0.39 is 5.91 Å². The van der Waals surface area contributed by atoms with E-state index in [1.54, 1.807) is 17.2 Å². The van der Waals surface area contributed by atoms with Gasteiger partial charge in [0.25, 0.3) is 5.91 Å². The largest absolute Gasteiger partial charge is 0.457 e. The number of pyridine rings is 1. The van der Waals surface area contributed by atoms with E-state index in [4.69, 9.17) is 10.5 Å². The van der Waals surface area contributed by atoms with Crippen LogP contribution in [0.25, 0.3) is 10.2 Å². The lowest BCUT2D eigenvalue weighted by molar-refractivity contribution is 0.100. The lowest BCUT2D eigenvalue weighted by atomic mass is 10.1. The summed E-state index contributed by atoms with van der Waals surface area (Å²) in [4.78, 5) is 31.7.